The van der Waals surface area contributed by atoms with E-state index in [0.29, 0.717) is 17.6 Å². The van der Waals surface area contributed by atoms with Crippen molar-refractivity contribution in [1.82, 2.24) is 0 Å². The van der Waals surface area contributed by atoms with Gasteiger partial charge in [-0.1, -0.05) is 110 Å². The average Bonchev–Trinajstić information content (AvgIpc) is 2.85. The van der Waals surface area contributed by atoms with E-state index in [1.165, 1.54) is 89.9 Å². The molecular formula is C29H61NO7P+. The number of likely N-dealkylation sites (N-methyl/N-ethyl adjacent to an activating group) is 1. The van der Waals surface area contributed by atoms with E-state index < -0.39 is 19.9 Å². The lowest BCUT2D eigenvalue weighted by atomic mass is 10.0. The third kappa shape index (κ3) is 27.1. The van der Waals surface area contributed by atoms with Gasteiger partial charge in [-0.3, -0.25) is 13.8 Å². The van der Waals surface area contributed by atoms with E-state index in [4.69, 9.17) is 18.5 Å². The molecule has 1 unspecified atom stereocenters. The maximum atomic E-state index is 12.1. The Kier molecular flexibility index (Phi) is 24.0. The Hall–Kier alpha value is -0.500. The minimum Gasteiger partial charge on any atom is -0.457 e. The van der Waals surface area contributed by atoms with Gasteiger partial charge in [0.2, 0.25) is 0 Å². The first-order chi connectivity index (χ1) is 18.1. The molecule has 0 heterocycles. The van der Waals surface area contributed by atoms with Gasteiger partial charge in [0.05, 0.1) is 34.4 Å². The number of hydrogen-bond acceptors (Lipinski definition) is 6. The lowest BCUT2D eigenvalue weighted by Gasteiger charge is -2.24. The molecule has 0 saturated carbocycles. The van der Waals surface area contributed by atoms with Crippen molar-refractivity contribution in [2.75, 3.05) is 54.1 Å². The Morgan fingerprint density at radius 1 is 0.711 bits per heavy atom. The van der Waals surface area contributed by atoms with Crippen LogP contribution in [0.5, 0.6) is 0 Å². The summed E-state index contributed by atoms with van der Waals surface area (Å²) in [5, 5.41) is 0. The van der Waals surface area contributed by atoms with E-state index in [2.05, 4.69) is 6.92 Å². The summed E-state index contributed by atoms with van der Waals surface area (Å²) in [6.07, 6.45) is 20.6. The number of esters is 1. The zero-order chi connectivity index (χ0) is 28.5. The number of unbranched alkanes of at least 4 members (excludes halogenated alkanes) is 15. The topological polar surface area (TPSA) is 91.3 Å². The maximum absolute atomic E-state index is 12.1. The molecule has 0 aromatic heterocycles. The molecule has 0 aliphatic heterocycles. The highest BCUT2D eigenvalue weighted by Crippen LogP contribution is 2.43. The number of ether oxygens (including phenoxy) is 2. The van der Waals surface area contributed by atoms with Gasteiger partial charge in [0.1, 0.15) is 19.3 Å². The third-order valence-electron chi connectivity index (χ3n) is 6.47. The highest BCUT2D eigenvalue weighted by Gasteiger charge is 2.26. The van der Waals surface area contributed by atoms with Crippen molar-refractivity contribution in [1.29, 1.82) is 0 Å². The molecule has 0 aromatic carbocycles. The monoisotopic (exact) mass is 566 g/mol. The van der Waals surface area contributed by atoms with Gasteiger partial charge in [-0.25, -0.2) is 4.57 Å². The molecule has 1 N–H and O–H groups in total. The van der Waals surface area contributed by atoms with E-state index in [9.17, 15) is 14.3 Å². The predicted molar refractivity (Wildman–Crippen MR) is 155 cm³/mol. The van der Waals surface area contributed by atoms with E-state index in [1.807, 2.05) is 21.1 Å². The molecule has 8 nitrogen and oxygen atoms in total. The van der Waals surface area contributed by atoms with Crippen molar-refractivity contribution < 1.29 is 37.3 Å². The second-order valence-electron chi connectivity index (χ2n) is 11.5. The van der Waals surface area contributed by atoms with Crippen molar-refractivity contribution in [2.24, 2.45) is 0 Å². The summed E-state index contributed by atoms with van der Waals surface area (Å²) in [6, 6.07) is 0. The quantitative estimate of drug-likeness (QED) is 0.0456. The molecule has 0 aliphatic carbocycles. The molecule has 0 bridgehead atoms. The lowest BCUT2D eigenvalue weighted by Crippen LogP contribution is -2.37. The molecule has 0 aliphatic rings. The van der Waals surface area contributed by atoms with Gasteiger partial charge in [0.25, 0.3) is 0 Å². The Labute approximate surface area is 234 Å². The summed E-state index contributed by atoms with van der Waals surface area (Å²) in [7, 11) is 1.67. The highest BCUT2D eigenvalue weighted by molar-refractivity contribution is 7.47. The van der Waals surface area contributed by atoms with Gasteiger partial charge < -0.3 is 18.9 Å². The molecule has 0 spiro atoms. The highest BCUT2D eigenvalue weighted by atomic mass is 31.2. The Balaban J connectivity index is 3.80. The van der Waals surface area contributed by atoms with E-state index in [1.54, 1.807) is 6.92 Å². The van der Waals surface area contributed by atoms with Gasteiger partial charge in [-0.2, -0.15) is 0 Å². The van der Waals surface area contributed by atoms with Crippen LogP contribution in [0.15, 0.2) is 0 Å². The second kappa shape index (κ2) is 24.3. The standard InChI is InChI=1S/C29H60NO7P/c1-6-8-9-10-11-12-13-14-15-16-17-18-19-20-21-22-24-34-26-28(37-29(31)7-2)27-36-38(32,33)35-25-23-30(3,4)5/h28H,6-27H2,1-5H3/p+1/t28-/m1/s1. The molecule has 0 rings (SSSR count). The van der Waals surface area contributed by atoms with E-state index >= 15 is 0 Å². The summed E-state index contributed by atoms with van der Waals surface area (Å²) >= 11 is 0. The van der Waals surface area contributed by atoms with Crippen molar-refractivity contribution >= 4 is 13.8 Å². The fraction of sp³-hybridized carbons (Fsp3) is 0.966. The average molecular weight is 567 g/mol. The van der Waals surface area contributed by atoms with E-state index in [-0.39, 0.29) is 26.2 Å². The molecule has 0 saturated heterocycles. The molecular weight excluding hydrogens is 505 g/mol. The number of carbonyl (C=O) groups is 1. The third-order valence-corrected chi connectivity index (χ3v) is 7.46. The van der Waals surface area contributed by atoms with Crippen LogP contribution in [0.1, 0.15) is 123 Å². The molecule has 9 heteroatoms. The largest absolute Gasteiger partial charge is 0.472 e. The molecule has 0 radical (unpaired) electrons. The predicted octanol–water partition coefficient (Wildman–Crippen LogP) is 7.43. The van der Waals surface area contributed by atoms with Crippen molar-refractivity contribution in [3.8, 4) is 0 Å². The zero-order valence-corrected chi connectivity index (χ0v) is 26.3. The normalized spacial score (nSPS) is 14.4. The van der Waals surface area contributed by atoms with Crippen LogP contribution in [0.4, 0.5) is 0 Å². The second-order valence-corrected chi connectivity index (χ2v) is 12.9. The number of rotatable bonds is 28. The number of hydrogen-bond donors (Lipinski definition) is 1. The Morgan fingerprint density at radius 2 is 1.18 bits per heavy atom. The van der Waals surface area contributed by atoms with Gasteiger partial charge in [-0.05, 0) is 6.42 Å². The number of phosphoric ester groups is 1. The van der Waals surface area contributed by atoms with Crippen LogP contribution in [-0.4, -0.2) is 75.6 Å². The fourth-order valence-electron chi connectivity index (χ4n) is 4.00. The van der Waals surface area contributed by atoms with Crippen molar-refractivity contribution in [3.05, 3.63) is 0 Å². The maximum Gasteiger partial charge on any atom is 0.472 e. The molecule has 0 fully saturated rings. The molecule has 0 amide bonds. The van der Waals surface area contributed by atoms with Crippen LogP contribution in [-0.2, 0) is 27.9 Å². The Bertz CT molecular complexity index is 598. The molecule has 0 aromatic rings. The first-order valence-electron chi connectivity index (χ1n) is 15.3. The minimum absolute atomic E-state index is 0.0897. The number of quaternary nitrogens is 1. The Morgan fingerprint density at radius 3 is 1.63 bits per heavy atom. The number of nitrogens with zero attached hydrogens (tertiary/aromatic N) is 1. The summed E-state index contributed by atoms with van der Waals surface area (Å²) in [4.78, 5) is 21.6. The van der Waals surface area contributed by atoms with E-state index in [0.717, 1.165) is 12.8 Å². The first-order valence-corrected chi connectivity index (χ1v) is 16.8. The van der Waals surface area contributed by atoms with Gasteiger partial charge in [0.15, 0.2) is 0 Å². The van der Waals surface area contributed by atoms with Crippen molar-refractivity contribution in [2.45, 2.75) is 129 Å². The zero-order valence-electron chi connectivity index (χ0n) is 25.4. The SMILES string of the molecule is CCCCCCCCCCCCCCCCCCOC[C@H](COP(=O)(O)OCC[N+](C)(C)C)OC(=O)CC. The van der Waals surface area contributed by atoms with Crippen LogP contribution in [0.2, 0.25) is 0 Å². The van der Waals surface area contributed by atoms with Gasteiger partial charge in [0, 0.05) is 13.0 Å². The lowest BCUT2D eigenvalue weighted by molar-refractivity contribution is -0.870. The summed E-state index contributed by atoms with van der Waals surface area (Å²) in [5.41, 5.74) is 0. The smallest absolute Gasteiger partial charge is 0.457 e. The molecule has 2 atom stereocenters. The van der Waals surface area contributed by atoms with Crippen LogP contribution in [0.25, 0.3) is 0 Å². The summed E-state index contributed by atoms with van der Waals surface area (Å²) < 4.78 is 33.8. The number of phosphoric acid groups is 1. The van der Waals surface area contributed by atoms with Crippen LogP contribution in [0.3, 0.4) is 0 Å². The van der Waals surface area contributed by atoms with Crippen LogP contribution in [0, 0.1) is 0 Å². The fourth-order valence-corrected chi connectivity index (χ4v) is 4.74. The van der Waals surface area contributed by atoms with Gasteiger partial charge in [-0.15, -0.1) is 0 Å². The van der Waals surface area contributed by atoms with Crippen molar-refractivity contribution in [3.63, 3.8) is 0 Å². The minimum atomic E-state index is -4.22. The van der Waals surface area contributed by atoms with Crippen LogP contribution >= 0.6 is 7.82 Å². The molecule has 228 valence electrons. The van der Waals surface area contributed by atoms with Crippen LogP contribution < -0.4 is 0 Å². The first kappa shape index (κ1) is 37.5. The van der Waals surface area contributed by atoms with Gasteiger partial charge >= 0.3 is 13.8 Å². The summed E-state index contributed by atoms with van der Waals surface area (Å²) in [6.45, 7) is 5.06. The summed E-state index contributed by atoms with van der Waals surface area (Å²) in [5.74, 6) is -0.400. The molecule has 38 heavy (non-hydrogen) atoms. The number of carbonyl (C=O) groups excluding carboxylic acids is 1.